The fourth-order valence-corrected chi connectivity index (χ4v) is 1.80. The Morgan fingerprint density at radius 1 is 1.18 bits per heavy atom. The molecule has 0 aliphatic carbocycles. The summed E-state index contributed by atoms with van der Waals surface area (Å²) < 4.78 is 30.7. The summed E-state index contributed by atoms with van der Waals surface area (Å²) >= 11 is 0. The number of methoxy groups -OCH3 is 1. The Morgan fingerprint density at radius 3 is 2.27 bits per heavy atom. The summed E-state index contributed by atoms with van der Waals surface area (Å²) in [5, 5.41) is 2.32. The molecule has 1 rings (SSSR count). The van der Waals surface area contributed by atoms with Crippen LogP contribution in [0.15, 0.2) is 18.2 Å². The van der Waals surface area contributed by atoms with Gasteiger partial charge in [0.05, 0.1) is 7.11 Å². The molecule has 7 heteroatoms. The van der Waals surface area contributed by atoms with Crippen molar-refractivity contribution in [2.45, 2.75) is 32.2 Å². The molecule has 0 unspecified atom stereocenters. The van der Waals surface area contributed by atoms with Gasteiger partial charge in [-0.25, -0.2) is 13.6 Å². The molecule has 120 valence electrons. The lowest BCUT2D eigenvalue weighted by molar-refractivity contribution is -0.143. The maximum Gasteiger partial charge on any atom is 0.328 e. The van der Waals surface area contributed by atoms with E-state index in [1.54, 1.807) is 6.92 Å². The number of ether oxygens (including phenoxy) is 1. The van der Waals surface area contributed by atoms with Gasteiger partial charge in [0.25, 0.3) is 5.91 Å². The number of amides is 1. The first-order chi connectivity index (χ1) is 10.4. The zero-order chi connectivity index (χ0) is 16.7. The molecule has 0 radical (unpaired) electrons. The fourth-order valence-electron chi connectivity index (χ4n) is 1.80. The number of ketones is 1. The van der Waals surface area contributed by atoms with E-state index in [0.717, 1.165) is 19.2 Å². The number of hydrogen-bond donors (Lipinski definition) is 1. The van der Waals surface area contributed by atoms with Crippen molar-refractivity contribution in [3.63, 3.8) is 0 Å². The first-order valence-electron chi connectivity index (χ1n) is 6.73. The lowest BCUT2D eigenvalue weighted by Crippen LogP contribution is -2.41. The van der Waals surface area contributed by atoms with Gasteiger partial charge in [-0.1, -0.05) is 6.92 Å². The van der Waals surface area contributed by atoms with Crippen LogP contribution < -0.4 is 5.32 Å². The van der Waals surface area contributed by atoms with Crippen LogP contribution in [0.25, 0.3) is 0 Å². The van der Waals surface area contributed by atoms with Crippen molar-refractivity contribution in [3.05, 3.63) is 35.4 Å². The van der Waals surface area contributed by atoms with Crippen molar-refractivity contribution in [2.75, 3.05) is 7.11 Å². The first kappa shape index (κ1) is 17.7. The SMILES string of the molecule is CCC(=O)CC[C@@H](NC(=O)c1cc(F)cc(F)c1)C(=O)OC. The van der Waals surface area contributed by atoms with Crippen LogP contribution in [-0.4, -0.2) is 30.8 Å². The number of Topliss-reactive ketones (excluding diaryl/α,β-unsaturated/α-hetero) is 1. The fraction of sp³-hybridized carbons (Fsp3) is 0.400. The molecule has 1 N–H and O–H groups in total. The molecule has 5 nitrogen and oxygen atoms in total. The van der Waals surface area contributed by atoms with Crippen LogP contribution in [0.3, 0.4) is 0 Å². The van der Waals surface area contributed by atoms with Crippen molar-refractivity contribution in [3.8, 4) is 0 Å². The van der Waals surface area contributed by atoms with E-state index < -0.39 is 29.6 Å². The van der Waals surface area contributed by atoms with E-state index in [9.17, 15) is 23.2 Å². The van der Waals surface area contributed by atoms with Crippen molar-refractivity contribution >= 4 is 17.7 Å². The summed E-state index contributed by atoms with van der Waals surface area (Å²) in [6, 6.07) is 1.28. The van der Waals surface area contributed by atoms with Gasteiger partial charge < -0.3 is 10.1 Å². The molecule has 0 fully saturated rings. The summed E-state index contributed by atoms with van der Waals surface area (Å²) in [6.07, 6.45) is 0.466. The molecular formula is C15H17F2NO4. The van der Waals surface area contributed by atoms with Gasteiger partial charge in [0.15, 0.2) is 0 Å². The minimum atomic E-state index is -1.06. The second-order valence-corrected chi connectivity index (χ2v) is 4.64. The molecule has 0 aromatic heterocycles. The minimum Gasteiger partial charge on any atom is -0.467 e. The molecule has 0 spiro atoms. The molecule has 0 saturated carbocycles. The second kappa shape index (κ2) is 8.21. The molecule has 0 aliphatic rings. The lowest BCUT2D eigenvalue weighted by Gasteiger charge is -2.16. The zero-order valence-electron chi connectivity index (χ0n) is 12.3. The maximum atomic E-state index is 13.1. The van der Waals surface area contributed by atoms with E-state index >= 15 is 0 Å². The predicted octanol–water partition coefficient (Wildman–Crippen LogP) is 2.00. The third kappa shape index (κ3) is 5.23. The van der Waals surface area contributed by atoms with Crippen molar-refractivity contribution in [2.24, 2.45) is 0 Å². The van der Waals surface area contributed by atoms with Crippen LogP contribution in [0.2, 0.25) is 0 Å². The van der Waals surface area contributed by atoms with E-state index in [-0.39, 0.29) is 24.2 Å². The van der Waals surface area contributed by atoms with Crippen molar-refractivity contribution < 1.29 is 27.9 Å². The van der Waals surface area contributed by atoms with Gasteiger partial charge in [0.2, 0.25) is 0 Å². The molecular weight excluding hydrogens is 296 g/mol. The third-order valence-corrected chi connectivity index (χ3v) is 3.02. The summed E-state index contributed by atoms with van der Waals surface area (Å²) in [6.45, 7) is 1.68. The predicted molar refractivity (Wildman–Crippen MR) is 74.2 cm³/mol. The van der Waals surface area contributed by atoms with Crippen molar-refractivity contribution in [1.29, 1.82) is 0 Å². The molecule has 1 aromatic carbocycles. The highest BCUT2D eigenvalue weighted by atomic mass is 19.1. The normalized spacial score (nSPS) is 11.6. The summed E-state index contributed by atoms with van der Waals surface area (Å²) in [4.78, 5) is 34.9. The Morgan fingerprint density at radius 2 is 1.77 bits per heavy atom. The van der Waals surface area contributed by atoms with Gasteiger partial charge in [-0.2, -0.15) is 0 Å². The molecule has 0 aliphatic heterocycles. The van der Waals surface area contributed by atoms with Crippen LogP contribution in [0.4, 0.5) is 8.78 Å². The van der Waals surface area contributed by atoms with Gasteiger partial charge in [0.1, 0.15) is 23.5 Å². The zero-order valence-corrected chi connectivity index (χ0v) is 12.3. The molecule has 0 saturated heterocycles. The van der Waals surface area contributed by atoms with Gasteiger partial charge >= 0.3 is 5.97 Å². The largest absolute Gasteiger partial charge is 0.467 e. The Hall–Kier alpha value is -2.31. The average molecular weight is 313 g/mol. The highest BCUT2D eigenvalue weighted by Gasteiger charge is 2.23. The van der Waals surface area contributed by atoms with Crippen LogP contribution in [0, 0.1) is 11.6 Å². The number of halogens is 2. The van der Waals surface area contributed by atoms with Gasteiger partial charge in [0, 0.05) is 24.5 Å². The van der Waals surface area contributed by atoms with Crippen LogP contribution in [0.1, 0.15) is 36.5 Å². The van der Waals surface area contributed by atoms with Crippen molar-refractivity contribution in [1.82, 2.24) is 5.32 Å². The molecule has 0 bridgehead atoms. The number of carbonyl (C=O) groups is 3. The minimum absolute atomic E-state index is 0.0584. The average Bonchev–Trinajstić information content (AvgIpc) is 2.48. The standard InChI is InChI=1S/C15H17F2NO4/c1-3-12(19)4-5-13(15(21)22-2)18-14(20)9-6-10(16)8-11(17)7-9/h6-8,13H,3-5H2,1-2H3,(H,18,20)/t13-/m1/s1. The third-order valence-electron chi connectivity index (χ3n) is 3.02. The summed E-state index contributed by atoms with van der Waals surface area (Å²) in [5.41, 5.74) is -0.256. The van der Waals surface area contributed by atoms with E-state index in [1.165, 1.54) is 0 Å². The Bertz CT molecular complexity index is 554. The topological polar surface area (TPSA) is 72.5 Å². The highest BCUT2D eigenvalue weighted by molar-refractivity contribution is 5.96. The number of carbonyl (C=O) groups excluding carboxylic acids is 3. The lowest BCUT2D eigenvalue weighted by atomic mass is 10.1. The number of esters is 1. The molecule has 22 heavy (non-hydrogen) atoms. The van der Waals surface area contributed by atoms with E-state index in [2.05, 4.69) is 10.1 Å². The Balaban J connectivity index is 2.81. The number of rotatable bonds is 7. The van der Waals surface area contributed by atoms with Crippen LogP contribution in [0.5, 0.6) is 0 Å². The van der Waals surface area contributed by atoms with Crippen LogP contribution >= 0.6 is 0 Å². The van der Waals surface area contributed by atoms with E-state index in [4.69, 9.17) is 0 Å². The summed E-state index contributed by atoms with van der Waals surface area (Å²) in [7, 11) is 1.14. The number of hydrogen-bond acceptors (Lipinski definition) is 4. The van der Waals surface area contributed by atoms with Gasteiger partial charge in [-0.3, -0.25) is 9.59 Å². The molecule has 1 amide bonds. The second-order valence-electron chi connectivity index (χ2n) is 4.64. The molecule has 0 heterocycles. The smallest absolute Gasteiger partial charge is 0.328 e. The van der Waals surface area contributed by atoms with E-state index in [0.29, 0.717) is 12.5 Å². The summed E-state index contributed by atoms with van der Waals surface area (Å²) in [5.74, 6) is -3.42. The highest BCUT2D eigenvalue weighted by Crippen LogP contribution is 2.09. The van der Waals surface area contributed by atoms with Gasteiger partial charge in [-0.05, 0) is 18.6 Å². The molecule has 1 atom stereocenters. The quantitative estimate of drug-likeness (QED) is 0.781. The van der Waals surface area contributed by atoms with Gasteiger partial charge in [-0.15, -0.1) is 0 Å². The van der Waals surface area contributed by atoms with Crippen LogP contribution in [-0.2, 0) is 14.3 Å². The Kier molecular flexibility index (Phi) is 6.62. The number of nitrogens with one attached hydrogen (secondary N) is 1. The maximum absolute atomic E-state index is 13.1. The monoisotopic (exact) mass is 313 g/mol. The Labute approximate surface area is 126 Å². The first-order valence-corrected chi connectivity index (χ1v) is 6.73. The number of benzene rings is 1. The van der Waals surface area contributed by atoms with E-state index in [1.807, 2.05) is 0 Å². The molecule has 1 aromatic rings.